The Balaban J connectivity index is 1.42. The molecule has 1 saturated carbocycles. The Kier molecular flexibility index (Phi) is 8.28. The fourth-order valence-electron chi connectivity index (χ4n) is 4.93. The first-order chi connectivity index (χ1) is 14.5. The van der Waals surface area contributed by atoms with Crippen LogP contribution < -0.4 is 20.4 Å². The summed E-state index contributed by atoms with van der Waals surface area (Å²) in [5.74, 6) is 0.857. The van der Waals surface area contributed by atoms with Crippen molar-refractivity contribution >= 4 is 17.5 Å². The highest BCUT2D eigenvalue weighted by Crippen LogP contribution is 2.23. The number of quaternary nitrogens is 2. The zero-order valence-electron chi connectivity index (χ0n) is 18.9. The zero-order chi connectivity index (χ0) is 21.5. The molecule has 30 heavy (non-hydrogen) atoms. The second-order valence-electron chi connectivity index (χ2n) is 9.24. The average Bonchev–Trinajstić information content (AvgIpc) is 2.75. The second kappa shape index (κ2) is 10.9. The van der Waals surface area contributed by atoms with Gasteiger partial charge in [0.1, 0.15) is 26.2 Å². The van der Waals surface area contributed by atoms with E-state index in [1.165, 1.54) is 34.6 Å². The molecular formula is C24H40N4O2+2. The van der Waals surface area contributed by atoms with Gasteiger partial charge < -0.3 is 20.4 Å². The van der Waals surface area contributed by atoms with Crippen molar-refractivity contribution in [3.05, 3.63) is 29.8 Å². The molecule has 166 valence electrons. The van der Waals surface area contributed by atoms with Crippen molar-refractivity contribution in [3.8, 4) is 0 Å². The van der Waals surface area contributed by atoms with Gasteiger partial charge in [-0.15, -0.1) is 0 Å². The van der Waals surface area contributed by atoms with Crippen LogP contribution in [0.25, 0.3) is 0 Å². The number of hydrogen-bond donors (Lipinski definition) is 4. The van der Waals surface area contributed by atoms with Crippen molar-refractivity contribution < 1.29 is 19.4 Å². The van der Waals surface area contributed by atoms with Gasteiger partial charge in [-0.3, -0.25) is 9.59 Å². The first kappa shape index (κ1) is 22.8. The molecule has 1 aromatic carbocycles. The van der Waals surface area contributed by atoms with Gasteiger partial charge in [0.2, 0.25) is 0 Å². The quantitative estimate of drug-likeness (QED) is 0.508. The minimum Gasteiger partial charge on any atom is -0.348 e. The first-order valence-electron chi connectivity index (χ1n) is 11.8. The molecule has 1 aliphatic heterocycles. The third kappa shape index (κ3) is 6.05. The maximum Gasteiger partial charge on any atom is 0.279 e. The number of rotatable bonds is 7. The molecule has 0 spiro atoms. The second-order valence-corrected chi connectivity index (χ2v) is 9.24. The Morgan fingerprint density at radius 1 is 1.10 bits per heavy atom. The number of hydrogen-bond acceptors (Lipinski definition) is 2. The monoisotopic (exact) mass is 416 g/mol. The van der Waals surface area contributed by atoms with Crippen molar-refractivity contribution in [3.63, 3.8) is 0 Å². The van der Waals surface area contributed by atoms with Crippen LogP contribution in [0.1, 0.15) is 52.0 Å². The molecule has 6 nitrogen and oxygen atoms in total. The van der Waals surface area contributed by atoms with Gasteiger partial charge in [0.15, 0.2) is 12.6 Å². The smallest absolute Gasteiger partial charge is 0.279 e. The molecule has 0 unspecified atom stereocenters. The van der Waals surface area contributed by atoms with E-state index in [-0.39, 0.29) is 17.9 Å². The van der Waals surface area contributed by atoms with E-state index >= 15 is 0 Å². The first-order valence-corrected chi connectivity index (χ1v) is 11.8. The predicted molar refractivity (Wildman–Crippen MR) is 120 cm³/mol. The lowest BCUT2D eigenvalue weighted by molar-refractivity contribution is -1.01. The van der Waals surface area contributed by atoms with Crippen LogP contribution in [0.2, 0.25) is 0 Å². The van der Waals surface area contributed by atoms with E-state index in [1.54, 1.807) is 0 Å². The number of carbonyl (C=O) groups is 2. The highest BCUT2D eigenvalue weighted by molar-refractivity contribution is 5.92. The predicted octanol–water partition coefficient (Wildman–Crippen LogP) is 0.0543. The van der Waals surface area contributed by atoms with Crippen LogP contribution >= 0.6 is 0 Å². The molecule has 1 saturated heterocycles. The van der Waals surface area contributed by atoms with Gasteiger partial charge in [0.05, 0.1) is 0 Å². The van der Waals surface area contributed by atoms with E-state index in [0.29, 0.717) is 18.5 Å². The molecule has 0 aromatic heterocycles. The number of benzene rings is 1. The van der Waals surface area contributed by atoms with Gasteiger partial charge in [0, 0.05) is 11.7 Å². The Labute approximate surface area is 181 Å². The van der Waals surface area contributed by atoms with Gasteiger partial charge in [-0.05, 0) is 43.7 Å². The minimum absolute atomic E-state index is 0.0223. The van der Waals surface area contributed by atoms with Crippen LogP contribution in [-0.2, 0) is 16.0 Å². The lowest BCUT2D eigenvalue weighted by atomic mass is 9.86. The normalized spacial score (nSPS) is 27.8. The van der Waals surface area contributed by atoms with Gasteiger partial charge in [-0.25, -0.2) is 0 Å². The summed E-state index contributed by atoms with van der Waals surface area (Å²) < 4.78 is 0. The largest absolute Gasteiger partial charge is 0.348 e. The van der Waals surface area contributed by atoms with Gasteiger partial charge in [0.25, 0.3) is 11.8 Å². The van der Waals surface area contributed by atoms with Crippen molar-refractivity contribution in [1.29, 1.82) is 0 Å². The fraction of sp³-hybridized carbons (Fsp3) is 0.667. The van der Waals surface area contributed by atoms with Crippen LogP contribution in [0, 0.1) is 5.92 Å². The van der Waals surface area contributed by atoms with Gasteiger partial charge in [-0.1, -0.05) is 44.9 Å². The third-order valence-electron chi connectivity index (χ3n) is 7.13. The fourth-order valence-corrected chi connectivity index (χ4v) is 4.93. The molecule has 3 atom stereocenters. The number of amides is 2. The standard InChI is InChI=1S/C24H38N4O2/c1-4-20-10-6-8-12-22(20)25-23(29)17-27-13-15-28(16-14-27)19(3)24(30)26-21-11-7-5-9-18(21)2/h6,8,10,12,18-19,21H,4-5,7,9,11,13-17H2,1-3H3,(H,25,29)(H,26,30)/p+2/t18-,19+,21-/m0/s1. The molecule has 0 bridgehead atoms. The third-order valence-corrected chi connectivity index (χ3v) is 7.13. The topological polar surface area (TPSA) is 67.1 Å². The Bertz CT molecular complexity index is 715. The number of para-hydroxylation sites is 1. The Morgan fingerprint density at radius 2 is 1.80 bits per heavy atom. The van der Waals surface area contributed by atoms with Crippen LogP contribution in [0.5, 0.6) is 0 Å². The lowest BCUT2D eigenvalue weighted by Crippen LogP contribution is -3.30. The molecule has 2 aliphatic rings. The molecule has 1 heterocycles. The highest BCUT2D eigenvalue weighted by atomic mass is 16.2. The molecular weight excluding hydrogens is 376 g/mol. The van der Waals surface area contributed by atoms with E-state index in [9.17, 15) is 9.59 Å². The zero-order valence-corrected chi connectivity index (χ0v) is 18.9. The minimum atomic E-state index is -0.0223. The maximum atomic E-state index is 12.8. The van der Waals surface area contributed by atoms with Crippen molar-refractivity contribution in [2.75, 3.05) is 38.0 Å². The highest BCUT2D eigenvalue weighted by Gasteiger charge is 2.33. The van der Waals surface area contributed by atoms with E-state index < -0.39 is 0 Å². The average molecular weight is 417 g/mol. The van der Waals surface area contributed by atoms with Crippen LogP contribution in [-0.4, -0.2) is 56.6 Å². The summed E-state index contributed by atoms with van der Waals surface area (Å²) >= 11 is 0. The van der Waals surface area contributed by atoms with Crippen molar-refractivity contribution in [1.82, 2.24) is 5.32 Å². The van der Waals surface area contributed by atoms with Gasteiger partial charge in [-0.2, -0.15) is 0 Å². The summed E-state index contributed by atoms with van der Waals surface area (Å²) in [6, 6.07) is 8.32. The molecule has 1 aromatic rings. The Morgan fingerprint density at radius 3 is 2.50 bits per heavy atom. The number of aryl methyl sites for hydroxylation is 1. The van der Waals surface area contributed by atoms with E-state index in [4.69, 9.17) is 0 Å². The molecule has 1 aliphatic carbocycles. The SMILES string of the molecule is CCc1ccccc1NC(=O)C[NH+]1CC[NH+]([C@H](C)C(=O)N[C@H]2CCCC[C@@H]2C)CC1. The maximum absolute atomic E-state index is 12.8. The summed E-state index contributed by atoms with van der Waals surface area (Å²) in [6.07, 6.45) is 5.76. The van der Waals surface area contributed by atoms with E-state index in [2.05, 4.69) is 37.5 Å². The van der Waals surface area contributed by atoms with Crippen molar-refractivity contribution in [2.45, 2.75) is 65.0 Å². The molecule has 2 amide bonds. The molecule has 0 radical (unpaired) electrons. The van der Waals surface area contributed by atoms with Crippen LogP contribution in [0.4, 0.5) is 5.69 Å². The van der Waals surface area contributed by atoms with E-state index in [0.717, 1.165) is 44.7 Å². The number of carbonyl (C=O) groups excluding carboxylic acids is 2. The summed E-state index contributed by atoms with van der Waals surface area (Å²) in [7, 11) is 0. The van der Waals surface area contributed by atoms with E-state index in [1.807, 2.05) is 18.2 Å². The number of nitrogens with one attached hydrogen (secondary N) is 4. The number of anilines is 1. The van der Waals surface area contributed by atoms with Crippen LogP contribution in [0.3, 0.4) is 0 Å². The van der Waals surface area contributed by atoms with Crippen LogP contribution in [0.15, 0.2) is 24.3 Å². The Hall–Kier alpha value is -1.92. The molecule has 4 N–H and O–H groups in total. The molecule has 2 fully saturated rings. The summed E-state index contributed by atoms with van der Waals surface area (Å²) in [5.41, 5.74) is 2.10. The summed E-state index contributed by atoms with van der Waals surface area (Å²) in [4.78, 5) is 27.9. The molecule has 6 heteroatoms. The summed E-state index contributed by atoms with van der Waals surface area (Å²) in [6.45, 7) is 10.6. The van der Waals surface area contributed by atoms with Gasteiger partial charge >= 0.3 is 0 Å². The molecule has 3 rings (SSSR count). The number of piperazine rings is 1. The lowest BCUT2D eigenvalue weighted by Gasteiger charge is -2.34. The summed E-state index contributed by atoms with van der Waals surface area (Å²) in [5, 5.41) is 6.40. The van der Waals surface area contributed by atoms with Crippen molar-refractivity contribution in [2.24, 2.45) is 5.92 Å².